The topological polar surface area (TPSA) is 49.8 Å². The maximum Gasteiger partial charge on any atom is 0.387 e. The molecule has 1 heterocycles. The van der Waals surface area contributed by atoms with Crippen molar-refractivity contribution < 1.29 is 23.4 Å². The predicted molar refractivity (Wildman–Crippen MR) is 73.5 cm³/mol. The zero-order chi connectivity index (χ0) is 15.2. The van der Waals surface area contributed by atoms with Gasteiger partial charge in [-0.25, -0.2) is 0 Å². The van der Waals surface area contributed by atoms with Crippen molar-refractivity contribution in [3.8, 4) is 5.75 Å². The van der Waals surface area contributed by atoms with E-state index in [0.29, 0.717) is 18.5 Å². The van der Waals surface area contributed by atoms with Gasteiger partial charge in [-0.05, 0) is 43.9 Å². The van der Waals surface area contributed by atoms with Gasteiger partial charge < -0.3 is 14.7 Å². The zero-order valence-electron chi connectivity index (χ0n) is 11.7. The molecular weight excluding hydrogens is 280 g/mol. The summed E-state index contributed by atoms with van der Waals surface area (Å²) in [6.45, 7) is -2.13. The van der Waals surface area contributed by atoms with Crippen LogP contribution in [0, 0.1) is 0 Å². The molecule has 1 aliphatic rings. The van der Waals surface area contributed by atoms with E-state index in [0.717, 1.165) is 19.3 Å². The summed E-state index contributed by atoms with van der Waals surface area (Å²) in [6.07, 6.45) is 3.26. The van der Waals surface area contributed by atoms with Crippen molar-refractivity contribution in [2.24, 2.45) is 0 Å². The highest BCUT2D eigenvalue weighted by molar-refractivity contribution is 5.95. The minimum atomic E-state index is -2.90. The van der Waals surface area contributed by atoms with Crippen molar-refractivity contribution in [3.63, 3.8) is 0 Å². The number of hydrogen-bond donors (Lipinski definition) is 1. The molecule has 2 rings (SSSR count). The van der Waals surface area contributed by atoms with Crippen LogP contribution in [0.15, 0.2) is 24.3 Å². The second-order valence-corrected chi connectivity index (χ2v) is 5.07. The second-order valence-electron chi connectivity index (χ2n) is 5.07. The Hall–Kier alpha value is -1.69. The van der Waals surface area contributed by atoms with Gasteiger partial charge in [-0.3, -0.25) is 4.79 Å². The van der Waals surface area contributed by atoms with Crippen molar-refractivity contribution >= 4 is 5.91 Å². The quantitative estimate of drug-likeness (QED) is 0.878. The number of ether oxygens (including phenoxy) is 1. The largest absolute Gasteiger partial charge is 0.435 e. The van der Waals surface area contributed by atoms with Gasteiger partial charge in [0, 0.05) is 24.8 Å². The normalized spacial score (nSPS) is 18.3. The Morgan fingerprint density at radius 1 is 1.48 bits per heavy atom. The molecule has 0 aliphatic carbocycles. The van der Waals surface area contributed by atoms with Gasteiger partial charge in [0.25, 0.3) is 5.91 Å². The van der Waals surface area contributed by atoms with Crippen LogP contribution in [0.3, 0.4) is 0 Å². The van der Waals surface area contributed by atoms with E-state index in [1.807, 2.05) is 0 Å². The van der Waals surface area contributed by atoms with Crippen molar-refractivity contribution in [2.45, 2.75) is 38.3 Å². The van der Waals surface area contributed by atoms with E-state index in [-0.39, 0.29) is 24.3 Å². The van der Waals surface area contributed by atoms with E-state index in [4.69, 9.17) is 5.11 Å². The fourth-order valence-electron chi connectivity index (χ4n) is 2.70. The lowest BCUT2D eigenvalue weighted by Crippen LogP contribution is -2.35. The monoisotopic (exact) mass is 299 g/mol. The zero-order valence-corrected chi connectivity index (χ0v) is 11.7. The van der Waals surface area contributed by atoms with Gasteiger partial charge >= 0.3 is 6.61 Å². The molecule has 0 saturated carbocycles. The third-order valence-electron chi connectivity index (χ3n) is 3.64. The maximum atomic E-state index is 12.5. The smallest absolute Gasteiger partial charge is 0.387 e. The SMILES string of the molecule is O=C(c1cccc(OC(F)F)c1)N1CCCC1CCCO. The molecule has 1 aromatic carbocycles. The molecule has 21 heavy (non-hydrogen) atoms. The third kappa shape index (κ3) is 4.14. The molecule has 1 saturated heterocycles. The van der Waals surface area contributed by atoms with E-state index >= 15 is 0 Å². The highest BCUT2D eigenvalue weighted by Crippen LogP contribution is 2.25. The summed E-state index contributed by atoms with van der Waals surface area (Å²) in [6, 6.07) is 5.99. The van der Waals surface area contributed by atoms with Crippen LogP contribution in [0.4, 0.5) is 8.78 Å². The Labute approximate surface area is 122 Å². The highest BCUT2D eigenvalue weighted by atomic mass is 19.3. The van der Waals surface area contributed by atoms with Crippen molar-refractivity contribution in [1.82, 2.24) is 4.90 Å². The molecule has 116 valence electrons. The number of likely N-dealkylation sites (tertiary alicyclic amines) is 1. The number of carbonyl (C=O) groups is 1. The average Bonchev–Trinajstić information content (AvgIpc) is 2.92. The molecule has 1 fully saturated rings. The van der Waals surface area contributed by atoms with Crippen LogP contribution in [-0.2, 0) is 0 Å². The number of nitrogens with zero attached hydrogens (tertiary/aromatic N) is 1. The van der Waals surface area contributed by atoms with Gasteiger partial charge in [0.15, 0.2) is 0 Å². The Morgan fingerprint density at radius 3 is 3.00 bits per heavy atom. The number of aliphatic hydroxyl groups is 1. The number of carbonyl (C=O) groups excluding carboxylic acids is 1. The van der Waals surface area contributed by atoms with Crippen molar-refractivity contribution in [3.05, 3.63) is 29.8 Å². The van der Waals surface area contributed by atoms with Crippen molar-refractivity contribution in [2.75, 3.05) is 13.2 Å². The van der Waals surface area contributed by atoms with E-state index in [1.54, 1.807) is 11.0 Å². The summed E-state index contributed by atoms with van der Waals surface area (Å²) < 4.78 is 28.8. The Kier molecular flexibility index (Phi) is 5.50. The first kappa shape index (κ1) is 15.7. The van der Waals surface area contributed by atoms with E-state index in [9.17, 15) is 13.6 Å². The number of halogens is 2. The summed E-state index contributed by atoms with van der Waals surface area (Å²) in [4.78, 5) is 14.2. The minimum absolute atomic E-state index is 0.0121. The molecule has 6 heteroatoms. The molecule has 4 nitrogen and oxygen atoms in total. The second kappa shape index (κ2) is 7.36. The van der Waals surface area contributed by atoms with Crippen LogP contribution in [0.25, 0.3) is 0 Å². The lowest BCUT2D eigenvalue weighted by Gasteiger charge is -2.24. The average molecular weight is 299 g/mol. The van der Waals surface area contributed by atoms with Crippen LogP contribution < -0.4 is 4.74 Å². The van der Waals surface area contributed by atoms with Crippen LogP contribution in [0.5, 0.6) is 5.75 Å². The molecule has 0 spiro atoms. The first-order valence-electron chi connectivity index (χ1n) is 7.08. The number of rotatable bonds is 6. The molecule has 1 amide bonds. The molecular formula is C15H19F2NO3. The Balaban J connectivity index is 2.08. The Bertz CT molecular complexity index is 482. The van der Waals surface area contributed by atoms with Crippen LogP contribution in [0.1, 0.15) is 36.0 Å². The lowest BCUT2D eigenvalue weighted by molar-refractivity contribution is -0.0499. The predicted octanol–water partition coefficient (Wildman–Crippen LogP) is 2.67. The van der Waals surface area contributed by atoms with E-state index < -0.39 is 6.61 Å². The standard InChI is InChI=1S/C15H19F2NO3/c16-15(17)21-13-7-1-4-11(10-13)14(20)18-8-2-5-12(18)6-3-9-19/h1,4,7,10,12,15,19H,2-3,5-6,8-9H2. The van der Waals surface area contributed by atoms with Crippen LogP contribution in [0.2, 0.25) is 0 Å². The number of alkyl halides is 2. The van der Waals surface area contributed by atoms with Gasteiger partial charge in [0.1, 0.15) is 5.75 Å². The lowest BCUT2D eigenvalue weighted by atomic mass is 10.1. The molecule has 1 N–H and O–H groups in total. The first-order chi connectivity index (χ1) is 10.1. The van der Waals surface area contributed by atoms with Gasteiger partial charge in [-0.2, -0.15) is 8.78 Å². The molecule has 0 bridgehead atoms. The number of amides is 1. The number of benzene rings is 1. The Morgan fingerprint density at radius 2 is 2.29 bits per heavy atom. The van der Waals surface area contributed by atoms with Gasteiger partial charge in [0.05, 0.1) is 0 Å². The highest BCUT2D eigenvalue weighted by Gasteiger charge is 2.29. The molecule has 1 unspecified atom stereocenters. The molecule has 1 aromatic rings. The first-order valence-corrected chi connectivity index (χ1v) is 7.08. The third-order valence-corrected chi connectivity index (χ3v) is 3.64. The summed E-state index contributed by atoms with van der Waals surface area (Å²) in [7, 11) is 0. The fourth-order valence-corrected chi connectivity index (χ4v) is 2.70. The summed E-state index contributed by atoms with van der Waals surface area (Å²) >= 11 is 0. The van der Waals surface area contributed by atoms with Crippen LogP contribution >= 0.6 is 0 Å². The van der Waals surface area contributed by atoms with Crippen LogP contribution in [-0.4, -0.2) is 41.7 Å². The van der Waals surface area contributed by atoms with Gasteiger partial charge in [-0.15, -0.1) is 0 Å². The molecule has 1 atom stereocenters. The van der Waals surface area contributed by atoms with Gasteiger partial charge in [0.2, 0.25) is 0 Å². The molecule has 0 aromatic heterocycles. The minimum Gasteiger partial charge on any atom is -0.435 e. The summed E-state index contributed by atoms with van der Waals surface area (Å²) in [5.74, 6) is -0.183. The molecule has 1 aliphatic heterocycles. The molecule has 0 radical (unpaired) electrons. The van der Waals surface area contributed by atoms with Crippen molar-refractivity contribution in [1.29, 1.82) is 0 Å². The maximum absolute atomic E-state index is 12.5. The van der Waals surface area contributed by atoms with E-state index in [2.05, 4.69) is 4.74 Å². The summed E-state index contributed by atoms with van der Waals surface area (Å²) in [5.41, 5.74) is 0.351. The number of aliphatic hydroxyl groups excluding tert-OH is 1. The summed E-state index contributed by atoms with van der Waals surface area (Å²) in [5, 5.41) is 8.90. The van der Waals surface area contributed by atoms with Gasteiger partial charge in [-0.1, -0.05) is 6.07 Å². The number of hydrogen-bond acceptors (Lipinski definition) is 3. The van der Waals surface area contributed by atoms with E-state index in [1.165, 1.54) is 18.2 Å². The fraction of sp³-hybridized carbons (Fsp3) is 0.533.